The number of alkyl carbamates (subject to hydrolysis) is 2. The summed E-state index contributed by atoms with van der Waals surface area (Å²) in [5, 5.41) is 16.9. The van der Waals surface area contributed by atoms with Gasteiger partial charge in [0.05, 0.1) is 89.4 Å². The Hall–Kier alpha value is -9.89. The molecule has 2 aromatic heterocycles. The molecular formula is C106H159N11O18S2. The van der Waals surface area contributed by atoms with Gasteiger partial charge in [-0.15, -0.1) is 22.7 Å². The predicted octanol–water partition coefficient (Wildman–Crippen LogP) is 16.7. The van der Waals surface area contributed by atoms with E-state index >= 15 is 0 Å². The van der Waals surface area contributed by atoms with Gasteiger partial charge in [0.25, 0.3) is 0 Å². The van der Waals surface area contributed by atoms with E-state index in [4.69, 9.17) is 33.2 Å². The molecule has 16 atom stereocenters. The van der Waals surface area contributed by atoms with Crippen molar-refractivity contribution in [2.24, 2.45) is 29.6 Å². The second-order valence-electron chi connectivity index (χ2n) is 39.4. The van der Waals surface area contributed by atoms with Crippen molar-refractivity contribution in [1.82, 2.24) is 55.7 Å². The van der Waals surface area contributed by atoms with Crippen molar-refractivity contribution in [2.75, 3.05) is 89.4 Å². The van der Waals surface area contributed by atoms with Crippen molar-refractivity contribution in [3.8, 4) is 11.1 Å². The van der Waals surface area contributed by atoms with Crippen LogP contribution in [0.15, 0.2) is 132 Å². The van der Waals surface area contributed by atoms with E-state index in [0.717, 1.165) is 56.2 Å². The number of hydrogen-bond acceptors (Lipinski definition) is 23. The van der Waals surface area contributed by atoms with Crippen LogP contribution in [0.5, 0.6) is 0 Å². The van der Waals surface area contributed by atoms with Crippen LogP contribution in [0, 0.1) is 29.6 Å². The second kappa shape index (κ2) is 53.5. The van der Waals surface area contributed by atoms with Gasteiger partial charge in [-0.3, -0.25) is 43.3 Å². The van der Waals surface area contributed by atoms with Gasteiger partial charge in [-0.2, -0.15) is 0 Å². The summed E-state index contributed by atoms with van der Waals surface area (Å²) in [5.74, 6) is -4.65. The fourth-order valence-corrected chi connectivity index (χ4v) is 20.2. The van der Waals surface area contributed by atoms with Gasteiger partial charge in [-0.1, -0.05) is 178 Å². The van der Waals surface area contributed by atoms with Crippen LogP contribution in [0.3, 0.4) is 0 Å². The molecule has 31 heteroatoms. The topological polar surface area (TPSA) is 342 Å². The molecule has 4 aromatic carbocycles. The minimum absolute atomic E-state index is 0. The Morgan fingerprint density at radius 3 is 1.30 bits per heavy atom. The molecule has 2 aliphatic heterocycles. The minimum atomic E-state index is -1.55. The number of ketones is 3. The third-order valence-corrected chi connectivity index (χ3v) is 29.2. The van der Waals surface area contributed by atoms with Crippen LogP contribution in [-0.4, -0.2) is 266 Å². The lowest BCUT2D eigenvalue weighted by Gasteiger charge is -2.41. The molecule has 0 radical (unpaired) electrons. The maximum Gasteiger partial charge on any atom is 0.410 e. The number of likely N-dealkylation sites (tertiary alicyclic amines) is 2. The number of nitrogens with zero attached hydrogens (tertiary/aromatic N) is 7. The zero-order chi connectivity index (χ0) is 99.6. The summed E-state index contributed by atoms with van der Waals surface area (Å²) >= 11 is 3.09. The molecule has 8 amide bonds. The van der Waals surface area contributed by atoms with Crippen molar-refractivity contribution < 1.29 is 85.9 Å². The van der Waals surface area contributed by atoms with Crippen LogP contribution in [0.2, 0.25) is 0 Å². The highest BCUT2D eigenvalue weighted by molar-refractivity contribution is 7.09. The smallest absolute Gasteiger partial charge is 0.410 e. The first-order valence-corrected chi connectivity index (χ1v) is 49.4. The van der Waals surface area contributed by atoms with Crippen LogP contribution in [0.4, 0.5) is 14.4 Å². The molecule has 137 heavy (non-hydrogen) atoms. The Labute approximate surface area is 823 Å². The number of Topliss-reactive ketones (excluding diaryl/α,β-unsaturated/α-hetero) is 3. The van der Waals surface area contributed by atoms with Gasteiger partial charge in [0.15, 0.2) is 5.78 Å². The van der Waals surface area contributed by atoms with E-state index in [0.29, 0.717) is 58.0 Å². The normalized spacial score (nSPS) is 17.4. The van der Waals surface area contributed by atoms with Gasteiger partial charge in [0.2, 0.25) is 29.5 Å². The van der Waals surface area contributed by atoms with Crippen LogP contribution in [0.25, 0.3) is 11.1 Å². The van der Waals surface area contributed by atoms with E-state index in [2.05, 4.69) is 55.5 Å². The molecule has 2 fully saturated rings. The number of rotatable bonds is 47. The zero-order valence-electron chi connectivity index (χ0n) is 84.0. The number of carbonyl (C=O) groups is 11. The first kappa shape index (κ1) is 116. The number of fused-ring (bicyclic) bond motifs is 3. The molecule has 3 aliphatic rings. The highest BCUT2D eigenvalue weighted by atomic mass is 32.1. The number of nitrogens with one attached hydrogen (secondary N) is 4. The molecule has 758 valence electrons. The Bertz CT molecular complexity index is 4790. The van der Waals surface area contributed by atoms with Crippen molar-refractivity contribution in [1.29, 1.82) is 0 Å². The number of hydrogen-bond donors (Lipinski definition) is 4. The van der Waals surface area contributed by atoms with Crippen LogP contribution in [-0.2, 0) is 84.4 Å². The number of likely N-dealkylation sites (N-methyl/N-ethyl adjacent to an activating group) is 4. The highest BCUT2D eigenvalue weighted by Crippen LogP contribution is 2.45. The third kappa shape index (κ3) is 31.6. The first-order valence-electron chi connectivity index (χ1n) is 47.6. The lowest BCUT2D eigenvalue weighted by Crippen LogP contribution is -2.63. The van der Waals surface area contributed by atoms with Crippen LogP contribution in [0.1, 0.15) is 246 Å². The van der Waals surface area contributed by atoms with Crippen LogP contribution >= 0.6 is 22.7 Å². The lowest BCUT2D eigenvalue weighted by atomic mass is 9.85. The van der Waals surface area contributed by atoms with Gasteiger partial charge in [0.1, 0.15) is 41.0 Å². The predicted molar refractivity (Wildman–Crippen MR) is 539 cm³/mol. The average Bonchev–Trinajstić information content (AvgIpc) is 1.60. The number of aromatic nitrogens is 2. The summed E-state index contributed by atoms with van der Waals surface area (Å²) in [6.45, 7) is 29.3. The van der Waals surface area contributed by atoms with Crippen molar-refractivity contribution >= 4 is 87.8 Å². The van der Waals surface area contributed by atoms with Crippen LogP contribution < -0.4 is 21.3 Å². The van der Waals surface area contributed by atoms with Gasteiger partial charge in [-0.25, -0.2) is 24.4 Å². The molecule has 1 aliphatic carbocycles. The zero-order valence-corrected chi connectivity index (χ0v) is 85.7. The summed E-state index contributed by atoms with van der Waals surface area (Å²) in [6, 6.07) is 32.9. The Balaban J connectivity index is 0.000000428. The van der Waals surface area contributed by atoms with E-state index in [1.54, 1.807) is 145 Å². The number of methoxy groups -OCH3 is 4. The number of thiazole rings is 2. The highest BCUT2D eigenvalue weighted by Gasteiger charge is 2.48. The summed E-state index contributed by atoms with van der Waals surface area (Å²) in [7, 11) is 12.7. The van der Waals surface area contributed by atoms with E-state index < -0.39 is 113 Å². The summed E-state index contributed by atoms with van der Waals surface area (Å²) in [5.41, 5.74) is 2.44. The molecule has 6 aromatic rings. The maximum atomic E-state index is 15.0. The number of amides is 8. The molecule has 2 saturated heterocycles. The quantitative estimate of drug-likeness (QED) is 0.0258. The van der Waals surface area contributed by atoms with Gasteiger partial charge in [0, 0.05) is 141 Å². The Morgan fingerprint density at radius 2 is 0.920 bits per heavy atom. The van der Waals surface area contributed by atoms with E-state index in [1.165, 1.54) is 35.3 Å². The molecule has 4 N–H and O–H groups in total. The molecule has 29 nitrogen and oxygen atoms in total. The van der Waals surface area contributed by atoms with Crippen molar-refractivity contribution in [2.45, 2.75) is 304 Å². The molecule has 0 saturated carbocycles. The Morgan fingerprint density at radius 1 is 0.518 bits per heavy atom. The van der Waals surface area contributed by atoms with Crippen molar-refractivity contribution in [3.05, 3.63) is 165 Å². The molecule has 9 rings (SSSR count). The molecule has 1 unspecified atom stereocenters. The summed E-state index contributed by atoms with van der Waals surface area (Å²) in [6.07, 6.45) is 4.55. The fourth-order valence-electron chi connectivity index (χ4n) is 18.7. The molecule has 4 heterocycles. The molecule has 0 bridgehead atoms. The largest absolute Gasteiger partial charge is 0.448 e. The van der Waals surface area contributed by atoms with Gasteiger partial charge >= 0.3 is 18.3 Å². The monoisotopic (exact) mass is 1940 g/mol. The standard InChI is InChI=1S/C59H80N6O10S.C45H71N5O8S.2CH4/c1-13-37(2)51(49(72-11)34-50(67)65-30-21-28-47(65)52(73-12)38(3)48(66)33-40(53-60-29-31-76-53)32-39-22-15-14-16-23-39)63(9)54(68)46(35-61-56(70)75-58(4,5)6)62-55(69)59(7,8)64(10)57(71)74-36-45-43-26-19-17-24-41(43)42-25-18-20-27-44(42)45;1-13-29(2)39(49(10)42(54)33(26-37(52)45(7,8)46-9)28-48-43(55)58-44(4,5)6)36(56-11)27-38(53)50-22-17-20-34(50)40(57-12)30(3)35(51)25-32(41-47-21-23-59-41)24-31-18-15-14-16-19-31;;/h14-20,22-27,29,31,37-38,40,45-47,49,51-52H,13,21,28,30,32-36H2,1-12H3,(H,61,70)(H,62,69);14-16,18-19,21,23,29-30,32-34,36,39-40,46H,13,17,20,22,24-28H2,1-12H3,(H,48,55);2*1H4/t37-,38-,40+,46-,47-,49+,51?,52+;29-,30-,32+,33-,34-,36+,39-,40+;;/m00../s1. The van der Waals surface area contributed by atoms with E-state index in [-0.39, 0.29) is 137 Å². The summed E-state index contributed by atoms with van der Waals surface area (Å²) < 4.78 is 41.2. The molecular weight excluding hydrogens is 1780 g/mol. The number of benzene rings is 4. The lowest BCUT2D eigenvalue weighted by molar-refractivity contribution is -0.148. The number of ether oxygens (including phenoxy) is 7. The summed E-state index contributed by atoms with van der Waals surface area (Å²) in [4.78, 5) is 171. The maximum absolute atomic E-state index is 15.0. The van der Waals surface area contributed by atoms with Crippen molar-refractivity contribution in [3.63, 3.8) is 0 Å². The Kier molecular flexibility index (Phi) is 45.2. The second-order valence-corrected chi connectivity index (χ2v) is 41.3. The SMILES string of the molecule is C.C.CC[C@H](C)C([C@@H](CC(=O)N1CCC[C@H]1[C@H](OC)[C@@H](C)C(=O)C[C@@H](Cc1ccccc1)c1nccs1)OC)N(C)C(=O)[C@H](CNC(=O)OC(C)(C)C)NC(=O)C(C)(C)N(C)C(=O)OCC1c2ccccc2-c2ccccc21.CC[C@H](C)[C@@H]([C@@H](CC(=O)N1CCC[C@H]1[C@H](OC)[C@@H](C)C(=O)C[C@@H](Cc1ccccc1)c1nccs1)OC)N(C)C(=O)[C@H](CNC(=O)OC(C)(C)C)CC(=O)C(C)(C)NC. The molecule has 0 spiro atoms. The van der Waals surface area contributed by atoms with Gasteiger partial charge in [-0.05, 0) is 160 Å². The van der Waals surface area contributed by atoms with Gasteiger partial charge < -0.3 is 74.0 Å². The third-order valence-electron chi connectivity index (χ3n) is 27.3. The minimum Gasteiger partial charge on any atom is -0.448 e. The fraction of sp³-hybridized carbons (Fsp3) is 0.613. The number of carbonyl (C=O) groups excluding carboxylic acids is 11. The average molecular weight is 1940 g/mol. The van der Waals surface area contributed by atoms with E-state index in [9.17, 15) is 52.7 Å². The first-order chi connectivity index (χ1) is 63.9. The van der Waals surface area contributed by atoms with E-state index in [1.807, 2.05) is 142 Å².